The fourth-order valence-corrected chi connectivity index (χ4v) is 3.65. The summed E-state index contributed by atoms with van der Waals surface area (Å²) in [6.45, 7) is 9.63. The van der Waals surface area contributed by atoms with Gasteiger partial charge in [0, 0.05) is 19.3 Å². The molecule has 0 fully saturated rings. The first-order chi connectivity index (χ1) is 16.4. The van der Waals surface area contributed by atoms with E-state index in [0.717, 1.165) is 44.9 Å². The monoisotopic (exact) mass is 484 g/mol. The van der Waals surface area contributed by atoms with Gasteiger partial charge in [0.1, 0.15) is 0 Å². The SMILES string of the molecule is CCCCCCCCOC(=O)CC(CC(=O)OCCCCCCCC)CC(=O)OCCC(C)C. The Kier molecular flexibility index (Phi) is 22.1. The number of ether oxygens (including phenoxy) is 3. The minimum absolute atomic E-state index is 0.0241. The zero-order valence-corrected chi connectivity index (χ0v) is 22.5. The molecule has 34 heavy (non-hydrogen) atoms. The lowest BCUT2D eigenvalue weighted by Gasteiger charge is -2.16. The van der Waals surface area contributed by atoms with E-state index in [1.54, 1.807) is 0 Å². The van der Waals surface area contributed by atoms with Gasteiger partial charge in [-0.2, -0.15) is 0 Å². The van der Waals surface area contributed by atoms with Gasteiger partial charge in [-0.1, -0.05) is 91.9 Å². The fraction of sp³-hybridized carbons (Fsp3) is 0.893. The van der Waals surface area contributed by atoms with Crippen LogP contribution in [0.3, 0.4) is 0 Å². The van der Waals surface area contributed by atoms with Gasteiger partial charge in [-0.05, 0) is 31.1 Å². The van der Waals surface area contributed by atoms with Crippen LogP contribution < -0.4 is 0 Å². The van der Waals surface area contributed by atoms with Gasteiger partial charge in [0.15, 0.2) is 0 Å². The summed E-state index contributed by atoms with van der Waals surface area (Å²) < 4.78 is 16.0. The maximum atomic E-state index is 12.3. The second kappa shape index (κ2) is 23.2. The molecule has 0 N–H and O–H groups in total. The van der Waals surface area contributed by atoms with E-state index in [1.807, 2.05) is 0 Å². The highest BCUT2D eigenvalue weighted by Gasteiger charge is 2.23. The normalized spacial score (nSPS) is 11.1. The Bertz CT molecular complexity index is 485. The molecule has 0 aliphatic heterocycles. The van der Waals surface area contributed by atoms with Crippen molar-refractivity contribution in [2.45, 2.75) is 130 Å². The molecular formula is C28H52O6. The third kappa shape index (κ3) is 22.2. The maximum Gasteiger partial charge on any atom is 0.306 e. The third-order valence-electron chi connectivity index (χ3n) is 5.85. The van der Waals surface area contributed by atoms with Crippen LogP contribution in [0.2, 0.25) is 0 Å². The molecular weight excluding hydrogens is 432 g/mol. The minimum atomic E-state index is -0.458. The van der Waals surface area contributed by atoms with Crippen molar-refractivity contribution in [3.05, 3.63) is 0 Å². The zero-order valence-electron chi connectivity index (χ0n) is 22.5. The molecule has 6 nitrogen and oxygen atoms in total. The number of carbonyl (C=O) groups is 3. The van der Waals surface area contributed by atoms with Crippen LogP contribution in [0.1, 0.15) is 130 Å². The number of rotatable bonds is 23. The van der Waals surface area contributed by atoms with Crippen molar-refractivity contribution in [1.29, 1.82) is 0 Å². The molecule has 0 atom stereocenters. The molecule has 0 bridgehead atoms. The molecule has 0 aliphatic carbocycles. The minimum Gasteiger partial charge on any atom is -0.466 e. The molecule has 0 aliphatic rings. The van der Waals surface area contributed by atoms with E-state index in [1.165, 1.54) is 38.5 Å². The van der Waals surface area contributed by atoms with Crippen LogP contribution in [0.5, 0.6) is 0 Å². The van der Waals surface area contributed by atoms with Gasteiger partial charge in [-0.25, -0.2) is 0 Å². The standard InChI is InChI=1S/C28H52O6/c1-5-7-9-11-13-15-18-32-26(29)21-25(23-28(31)34-20-17-24(3)4)22-27(30)33-19-16-14-12-10-8-6-2/h24-25H,5-23H2,1-4H3. The summed E-state index contributed by atoms with van der Waals surface area (Å²) in [4.78, 5) is 36.9. The molecule has 0 amide bonds. The first-order valence-corrected chi connectivity index (χ1v) is 13.9. The summed E-state index contributed by atoms with van der Waals surface area (Å²) in [5.41, 5.74) is 0. The highest BCUT2D eigenvalue weighted by Crippen LogP contribution is 2.18. The first-order valence-electron chi connectivity index (χ1n) is 13.9. The van der Waals surface area contributed by atoms with Gasteiger partial charge in [0.2, 0.25) is 0 Å². The van der Waals surface area contributed by atoms with Crippen molar-refractivity contribution in [2.24, 2.45) is 11.8 Å². The Morgan fingerprint density at radius 3 is 1.26 bits per heavy atom. The maximum absolute atomic E-state index is 12.3. The summed E-state index contributed by atoms with van der Waals surface area (Å²) >= 11 is 0. The van der Waals surface area contributed by atoms with Crippen LogP contribution in [0.4, 0.5) is 0 Å². The summed E-state index contributed by atoms with van der Waals surface area (Å²) in [5.74, 6) is -1.12. The first kappa shape index (κ1) is 32.4. The smallest absolute Gasteiger partial charge is 0.306 e. The fourth-order valence-electron chi connectivity index (χ4n) is 3.65. The van der Waals surface area contributed by atoms with Crippen LogP contribution in [-0.4, -0.2) is 37.7 Å². The highest BCUT2D eigenvalue weighted by atomic mass is 16.5. The van der Waals surface area contributed by atoms with E-state index < -0.39 is 5.92 Å². The molecule has 0 unspecified atom stereocenters. The van der Waals surface area contributed by atoms with E-state index in [-0.39, 0.29) is 37.2 Å². The molecule has 0 saturated heterocycles. The lowest BCUT2D eigenvalue weighted by atomic mass is 9.97. The molecule has 0 aromatic heterocycles. The van der Waals surface area contributed by atoms with Gasteiger partial charge in [-0.15, -0.1) is 0 Å². The largest absolute Gasteiger partial charge is 0.466 e. The Morgan fingerprint density at radius 2 is 0.882 bits per heavy atom. The average Bonchev–Trinajstić information content (AvgIpc) is 2.77. The zero-order chi connectivity index (χ0) is 25.4. The number of unbranched alkanes of at least 4 members (excludes halogenated alkanes) is 10. The Morgan fingerprint density at radius 1 is 0.529 bits per heavy atom. The van der Waals surface area contributed by atoms with Gasteiger partial charge in [0.25, 0.3) is 0 Å². The van der Waals surface area contributed by atoms with Crippen molar-refractivity contribution < 1.29 is 28.6 Å². The van der Waals surface area contributed by atoms with Gasteiger partial charge < -0.3 is 14.2 Å². The van der Waals surface area contributed by atoms with Crippen LogP contribution in [0, 0.1) is 11.8 Å². The third-order valence-corrected chi connectivity index (χ3v) is 5.85. The lowest BCUT2D eigenvalue weighted by Crippen LogP contribution is -2.21. The molecule has 0 rings (SSSR count). The molecule has 6 heteroatoms. The lowest BCUT2D eigenvalue weighted by molar-refractivity contribution is -0.150. The number of hydrogen-bond donors (Lipinski definition) is 0. The van der Waals surface area contributed by atoms with Gasteiger partial charge in [0.05, 0.1) is 19.8 Å². The van der Waals surface area contributed by atoms with Crippen molar-refractivity contribution in [2.75, 3.05) is 19.8 Å². The van der Waals surface area contributed by atoms with Gasteiger partial charge >= 0.3 is 17.9 Å². The van der Waals surface area contributed by atoms with Crippen molar-refractivity contribution >= 4 is 17.9 Å². The van der Waals surface area contributed by atoms with E-state index in [2.05, 4.69) is 27.7 Å². The summed E-state index contributed by atoms with van der Waals surface area (Å²) in [6, 6.07) is 0. The number of esters is 3. The van der Waals surface area contributed by atoms with E-state index in [0.29, 0.717) is 25.7 Å². The van der Waals surface area contributed by atoms with Crippen LogP contribution in [-0.2, 0) is 28.6 Å². The van der Waals surface area contributed by atoms with Crippen molar-refractivity contribution in [1.82, 2.24) is 0 Å². The Labute approximate surface area is 208 Å². The van der Waals surface area contributed by atoms with E-state index in [4.69, 9.17) is 14.2 Å². The van der Waals surface area contributed by atoms with Gasteiger partial charge in [-0.3, -0.25) is 14.4 Å². The number of carbonyl (C=O) groups excluding carboxylic acids is 3. The number of hydrogen-bond acceptors (Lipinski definition) is 6. The Hall–Kier alpha value is -1.59. The Balaban J connectivity index is 4.40. The molecule has 0 radical (unpaired) electrons. The average molecular weight is 485 g/mol. The summed E-state index contributed by atoms with van der Waals surface area (Å²) in [6.07, 6.45) is 14.3. The van der Waals surface area contributed by atoms with Crippen LogP contribution >= 0.6 is 0 Å². The van der Waals surface area contributed by atoms with Crippen molar-refractivity contribution in [3.8, 4) is 0 Å². The second-order valence-corrected chi connectivity index (χ2v) is 9.86. The van der Waals surface area contributed by atoms with Crippen molar-refractivity contribution in [3.63, 3.8) is 0 Å². The second-order valence-electron chi connectivity index (χ2n) is 9.86. The van der Waals surface area contributed by atoms with Crippen LogP contribution in [0.15, 0.2) is 0 Å². The predicted molar refractivity (Wildman–Crippen MR) is 136 cm³/mol. The van der Waals surface area contributed by atoms with E-state index >= 15 is 0 Å². The topological polar surface area (TPSA) is 78.9 Å². The summed E-state index contributed by atoms with van der Waals surface area (Å²) in [5, 5.41) is 0. The van der Waals surface area contributed by atoms with E-state index in [9.17, 15) is 14.4 Å². The highest BCUT2D eigenvalue weighted by molar-refractivity contribution is 5.76. The summed E-state index contributed by atoms with van der Waals surface area (Å²) in [7, 11) is 0. The van der Waals surface area contributed by atoms with Crippen LogP contribution in [0.25, 0.3) is 0 Å². The molecule has 0 aromatic carbocycles. The molecule has 200 valence electrons. The molecule has 0 spiro atoms. The molecule has 0 heterocycles. The predicted octanol–water partition coefficient (Wildman–Crippen LogP) is 7.17. The molecule has 0 aromatic rings. The molecule has 0 saturated carbocycles. The quantitative estimate of drug-likeness (QED) is 0.0869.